The predicted molar refractivity (Wildman–Crippen MR) is 60.9 cm³/mol. The van der Waals surface area contributed by atoms with E-state index < -0.39 is 11.0 Å². The van der Waals surface area contributed by atoms with Crippen LogP contribution in [0.15, 0.2) is 0 Å². The van der Waals surface area contributed by atoms with E-state index in [4.69, 9.17) is 9.47 Å². The van der Waals surface area contributed by atoms with Crippen LogP contribution in [0.5, 0.6) is 0 Å². The summed E-state index contributed by atoms with van der Waals surface area (Å²) in [5, 5.41) is 0. The average molecular weight is 230 g/mol. The standard InChI is InChI=1S/C12H22O4/c1-11(2,3)10(14)15-8-7-9(13)16-12(4,5)6/h7-8H2,1-6H3. The molecule has 0 unspecified atom stereocenters. The molecule has 0 aliphatic carbocycles. The number of carbonyl (C=O) groups is 2. The maximum absolute atomic E-state index is 11.4. The van der Waals surface area contributed by atoms with Crippen molar-refractivity contribution in [2.24, 2.45) is 5.41 Å². The van der Waals surface area contributed by atoms with Crippen LogP contribution in [-0.2, 0) is 19.1 Å². The summed E-state index contributed by atoms with van der Waals surface area (Å²) in [6.07, 6.45) is 0.0963. The molecule has 0 spiro atoms. The van der Waals surface area contributed by atoms with Crippen molar-refractivity contribution in [3.8, 4) is 0 Å². The number of rotatable bonds is 3. The van der Waals surface area contributed by atoms with Gasteiger partial charge in [-0.1, -0.05) is 0 Å². The maximum atomic E-state index is 11.4. The third-order valence-corrected chi connectivity index (χ3v) is 1.57. The molecule has 94 valence electrons. The zero-order chi connectivity index (χ0) is 13.0. The van der Waals surface area contributed by atoms with Crippen LogP contribution < -0.4 is 0 Å². The molecule has 0 N–H and O–H groups in total. The zero-order valence-electron chi connectivity index (χ0n) is 11.0. The Labute approximate surface area is 97.3 Å². The van der Waals surface area contributed by atoms with Gasteiger partial charge in [0.1, 0.15) is 12.2 Å². The van der Waals surface area contributed by atoms with Gasteiger partial charge >= 0.3 is 11.9 Å². The van der Waals surface area contributed by atoms with Crippen molar-refractivity contribution in [1.29, 1.82) is 0 Å². The van der Waals surface area contributed by atoms with Crippen molar-refractivity contribution in [3.05, 3.63) is 0 Å². The molecule has 0 aliphatic rings. The molecular weight excluding hydrogens is 208 g/mol. The van der Waals surface area contributed by atoms with Gasteiger partial charge in [0.15, 0.2) is 0 Å². The summed E-state index contributed by atoms with van der Waals surface area (Å²) < 4.78 is 10.0. The van der Waals surface area contributed by atoms with Crippen LogP contribution in [0.25, 0.3) is 0 Å². The quantitative estimate of drug-likeness (QED) is 0.698. The number of hydrogen-bond donors (Lipinski definition) is 0. The van der Waals surface area contributed by atoms with E-state index in [1.165, 1.54) is 0 Å². The number of ether oxygens (including phenoxy) is 2. The SMILES string of the molecule is CC(C)(C)OC(=O)CCOC(=O)C(C)(C)C. The summed E-state index contributed by atoms with van der Waals surface area (Å²) >= 11 is 0. The van der Waals surface area contributed by atoms with Crippen molar-refractivity contribution in [3.63, 3.8) is 0 Å². The van der Waals surface area contributed by atoms with E-state index >= 15 is 0 Å². The van der Waals surface area contributed by atoms with Gasteiger partial charge in [0.25, 0.3) is 0 Å². The summed E-state index contributed by atoms with van der Waals surface area (Å²) in [5.41, 5.74) is -1.03. The molecule has 16 heavy (non-hydrogen) atoms. The second kappa shape index (κ2) is 5.32. The van der Waals surface area contributed by atoms with E-state index in [1.807, 2.05) is 0 Å². The van der Waals surface area contributed by atoms with Crippen LogP contribution >= 0.6 is 0 Å². The lowest BCUT2D eigenvalue weighted by Crippen LogP contribution is -2.27. The maximum Gasteiger partial charge on any atom is 0.311 e. The first-order valence-corrected chi connectivity index (χ1v) is 5.41. The fourth-order valence-electron chi connectivity index (χ4n) is 0.836. The van der Waals surface area contributed by atoms with Crippen molar-refractivity contribution in [2.45, 2.75) is 53.6 Å². The van der Waals surface area contributed by atoms with E-state index in [0.29, 0.717) is 0 Å². The summed E-state index contributed by atoms with van der Waals surface area (Å²) in [6.45, 7) is 10.8. The van der Waals surface area contributed by atoms with Gasteiger partial charge in [-0.2, -0.15) is 0 Å². The summed E-state index contributed by atoms with van der Waals surface area (Å²) in [6, 6.07) is 0. The molecule has 0 saturated carbocycles. The highest BCUT2D eigenvalue weighted by atomic mass is 16.6. The Morgan fingerprint density at radius 3 is 1.88 bits per heavy atom. The van der Waals surface area contributed by atoms with Crippen molar-refractivity contribution in [2.75, 3.05) is 6.61 Å². The largest absolute Gasteiger partial charge is 0.465 e. The monoisotopic (exact) mass is 230 g/mol. The predicted octanol–water partition coefficient (Wildman–Crippen LogP) is 2.31. The number of hydrogen-bond acceptors (Lipinski definition) is 4. The zero-order valence-corrected chi connectivity index (χ0v) is 11.0. The molecule has 0 aromatic rings. The molecular formula is C12H22O4. The lowest BCUT2D eigenvalue weighted by atomic mass is 9.97. The van der Waals surface area contributed by atoms with Crippen LogP contribution in [0.1, 0.15) is 48.0 Å². The van der Waals surface area contributed by atoms with Gasteiger partial charge in [0.05, 0.1) is 11.8 Å². The van der Waals surface area contributed by atoms with Crippen LogP contribution in [0, 0.1) is 5.41 Å². The Balaban J connectivity index is 3.84. The molecule has 0 amide bonds. The van der Waals surface area contributed by atoms with Crippen molar-refractivity contribution in [1.82, 2.24) is 0 Å². The fraction of sp³-hybridized carbons (Fsp3) is 0.833. The minimum absolute atomic E-state index is 0.0744. The molecule has 4 nitrogen and oxygen atoms in total. The fourth-order valence-corrected chi connectivity index (χ4v) is 0.836. The van der Waals surface area contributed by atoms with E-state index in [-0.39, 0.29) is 25.0 Å². The Hall–Kier alpha value is -1.06. The van der Waals surface area contributed by atoms with Gasteiger partial charge in [-0.15, -0.1) is 0 Å². The van der Waals surface area contributed by atoms with Gasteiger partial charge in [-0.05, 0) is 41.5 Å². The van der Waals surface area contributed by atoms with Gasteiger partial charge in [-0.3, -0.25) is 9.59 Å². The normalized spacial score (nSPS) is 12.1. The first-order chi connectivity index (χ1) is 7.02. The average Bonchev–Trinajstić information content (AvgIpc) is 1.98. The Kier molecular flexibility index (Phi) is 4.97. The second-order valence-corrected chi connectivity index (χ2v) is 5.72. The van der Waals surface area contributed by atoms with Crippen LogP contribution in [0.3, 0.4) is 0 Å². The molecule has 4 heteroatoms. The molecule has 0 aromatic carbocycles. The molecule has 0 aliphatic heterocycles. The van der Waals surface area contributed by atoms with Crippen molar-refractivity contribution >= 4 is 11.9 Å². The van der Waals surface area contributed by atoms with Gasteiger partial charge in [0.2, 0.25) is 0 Å². The van der Waals surface area contributed by atoms with Crippen molar-refractivity contribution < 1.29 is 19.1 Å². The molecule has 0 atom stereocenters. The molecule has 0 bridgehead atoms. The molecule has 0 aromatic heterocycles. The smallest absolute Gasteiger partial charge is 0.311 e. The molecule has 0 saturated heterocycles. The van der Waals surface area contributed by atoms with Gasteiger partial charge in [0, 0.05) is 0 Å². The first kappa shape index (κ1) is 14.9. The first-order valence-electron chi connectivity index (χ1n) is 5.41. The van der Waals surface area contributed by atoms with E-state index in [1.54, 1.807) is 41.5 Å². The molecule has 0 radical (unpaired) electrons. The van der Waals surface area contributed by atoms with E-state index in [9.17, 15) is 9.59 Å². The van der Waals surface area contributed by atoms with Crippen LogP contribution in [0.4, 0.5) is 0 Å². The lowest BCUT2D eigenvalue weighted by Gasteiger charge is -2.20. The highest BCUT2D eigenvalue weighted by Crippen LogP contribution is 2.15. The Morgan fingerprint density at radius 2 is 1.50 bits per heavy atom. The second-order valence-electron chi connectivity index (χ2n) is 5.72. The summed E-state index contributed by atoms with van der Waals surface area (Å²) in [5.74, 6) is -0.662. The lowest BCUT2D eigenvalue weighted by molar-refractivity contribution is -0.160. The number of carbonyl (C=O) groups excluding carboxylic acids is 2. The van der Waals surface area contributed by atoms with Crippen LogP contribution in [-0.4, -0.2) is 24.1 Å². The molecule has 0 rings (SSSR count). The summed E-state index contributed by atoms with van der Waals surface area (Å²) in [7, 11) is 0. The highest BCUT2D eigenvalue weighted by Gasteiger charge is 2.23. The minimum Gasteiger partial charge on any atom is -0.465 e. The highest BCUT2D eigenvalue weighted by molar-refractivity contribution is 5.76. The van der Waals surface area contributed by atoms with Crippen LogP contribution in [0.2, 0.25) is 0 Å². The van der Waals surface area contributed by atoms with E-state index in [2.05, 4.69) is 0 Å². The third-order valence-electron chi connectivity index (χ3n) is 1.57. The van der Waals surface area contributed by atoms with Gasteiger partial charge < -0.3 is 9.47 Å². The van der Waals surface area contributed by atoms with E-state index in [0.717, 1.165) is 0 Å². The molecule has 0 heterocycles. The number of esters is 2. The minimum atomic E-state index is -0.534. The topological polar surface area (TPSA) is 52.6 Å². The van der Waals surface area contributed by atoms with Gasteiger partial charge in [-0.25, -0.2) is 0 Å². The molecule has 0 fully saturated rings. The Morgan fingerprint density at radius 1 is 1.00 bits per heavy atom. The summed E-state index contributed by atoms with van der Waals surface area (Å²) in [4.78, 5) is 22.6. The third kappa shape index (κ3) is 7.26. The Bertz CT molecular complexity index is 255.